The summed E-state index contributed by atoms with van der Waals surface area (Å²) in [7, 11) is 0. The van der Waals surface area contributed by atoms with Gasteiger partial charge >= 0.3 is 0 Å². The van der Waals surface area contributed by atoms with Gasteiger partial charge in [-0.25, -0.2) is 4.98 Å². The van der Waals surface area contributed by atoms with Gasteiger partial charge in [-0.15, -0.1) is 11.3 Å². The summed E-state index contributed by atoms with van der Waals surface area (Å²) in [6.45, 7) is 3.68. The first-order valence-corrected chi connectivity index (χ1v) is 8.02. The standard InChI is InChI=1S/C17H18N2OS/c1-2-9-20-15-6-3-13(4-7-15)11-18-14-5-8-16-17(10-14)21-12-19-16/h3-8,10,12,18H,2,9,11H2,1H3. The van der Waals surface area contributed by atoms with Crippen LogP contribution in [-0.2, 0) is 6.54 Å². The zero-order chi connectivity index (χ0) is 14.5. The van der Waals surface area contributed by atoms with Crippen molar-refractivity contribution in [3.8, 4) is 5.75 Å². The van der Waals surface area contributed by atoms with E-state index in [9.17, 15) is 0 Å². The monoisotopic (exact) mass is 298 g/mol. The first-order chi connectivity index (χ1) is 10.3. The fraction of sp³-hybridized carbons (Fsp3) is 0.235. The fourth-order valence-electron chi connectivity index (χ4n) is 2.09. The lowest BCUT2D eigenvalue weighted by molar-refractivity contribution is 0.317. The Morgan fingerprint density at radius 3 is 2.81 bits per heavy atom. The second-order valence-corrected chi connectivity index (χ2v) is 5.77. The van der Waals surface area contributed by atoms with E-state index >= 15 is 0 Å². The molecule has 0 radical (unpaired) electrons. The molecule has 0 amide bonds. The number of fused-ring (bicyclic) bond motifs is 1. The van der Waals surface area contributed by atoms with Crippen LogP contribution in [-0.4, -0.2) is 11.6 Å². The molecule has 3 nitrogen and oxygen atoms in total. The molecule has 1 heterocycles. The van der Waals surface area contributed by atoms with Crippen LogP contribution in [0.2, 0.25) is 0 Å². The SMILES string of the molecule is CCCOc1ccc(CNc2ccc3ncsc3c2)cc1. The minimum Gasteiger partial charge on any atom is -0.494 e. The molecule has 108 valence electrons. The van der Waals surface area contributed by atoms with E-state index in [-0.39, 0.29) is 0 Å². The van der Waals surface area contributed by atoms with Crippen LogP contribution in [0.5, 0.6) is 5.75 Å². The number of aromatic nitrogens is 1. The molecule has 0 aliphatic rings. The maximum absolute atomic E-state index is 5.59. The Balaban J connectivity index is 1.61. The van der Waals surface area contributed by atoms with Crippen molar-refractivity contribution < 1.29 is 4.74 Å². The minimum atomic E-state index is 0.770. The van der Waals surface area contributed by atoms with Gasteiger partial charge in [-0.1, -0.05) is 19.1 Å². The molecule has 0 fully saturated rings. The molecule has 0 spiro atoms. The fourth-order valence-corrected chi connectivity index (χ4v) is 2.81. The average molecular weight is 298 g/mol. The number of benzene rings is 2. The normalized spacial score (nSPS) is 10.7. The number of hydrogen-bond donors (Lipinski definition) is 1. The minimum absolute atomic E-state index is 0.770. The third-order valence-electron chi connectivity index (χ3n) is 3.22. The van der Waals surface area contributed by atoms with E-state index in [4.69, 9.17) is 4.74 Å². The van der Waals surface area contributed by atoms with Crippen LogP contribution in [0.4, 0.5) is 5.69 Å². The van der Waals surface area contributed by atoms with Gasteiger partial charge in [-0.2, -0.15) is 0 Å². The van der Waals surface area contributed by atoms with Crippen molar-refractivity contribution in [1.82, 2.24) is 4.98 Å². The second-order valence-electron chi connectivity index (χ2n) is 4.88. The predicted molar refractivity (Wildman–Crippen MR) is 89.2 cm³/mol. The zero-order valence-corrected chi connectivity index (χ0v) is 12.8. The molecular formula is C17H18N2OS. The molecule has 3 aromatic rings. The lowest BCUT2D eigenvalue weighted by Crippen LogP contribution is -1.99. The second kappa shape index (κ2) is 6.59. The summed E-state index contributed by atoms with van der Waals surface area (Å²) in [5, 5.41) is 3.44. The van der Waals surface area contributed by atoms with Crippen molar-refractivity contribution in [2.75, 3.05) is 11.9 Å². The van der Waals surface area contributed by atoms with Crippen molar-refractivity contribution in [2.24, 2.45) is 0 Å². The van der Waals surface area contributed by atoms with Crippen molar-refractivity contribution in [3.05, 3.63) is 53.5 Å². The van der Waals surface area contributed by atoms with Gasteiger partial charge in [0, 0.05) is 12.2 Å². The van der Waals surface area contributed by atoms with E-state index < -0.39 is 0 Å². The summed E-state index contributed by atoms with van der Waals surface area (Å²) in [5.74, 6) is 0.937. The number of nitrogens with zero attached hydrogens (tertiary/aromatic N) is 1. The van der Waals surface area contributed by atoms with Crippen LogP contribution in [0.3, 0.4) is 0 Å². The van der Waals surface area contributed by atoms with Crippen molar-refractivity contribution in [1.29, 1.82) is 0 Å². The van der Waals surface area contributed by atoms with Crippen LogP contribution in [0.25, 0.3) is 10.2 Å². The highest BCUT2D eigenvalue weighted by molar-refractivity contribution is 7.16. The van der Waals surface area contributed by atoms with E-state index in [2.05, 4.69) is 47.6 Å². The summed E-state index contributed by atoms with van der Waals surface area (Å²) >= 11 is 1.67. The topological polar surface area (TPSA) is 34.1 Å². The molecule has 0 unspecified atom stereocenters. The van der Waals surface area contributed by atoms with Gasteiger partial charge in [-0.05, 0) is 42.3 Å². The van der Waals surface area contributed by atoms with E-state index in [1.807, 2.05) is 17.6 Å². The van der Waals surface area contributed by atoms with Gasteiger partial charge in [0.25, 0.3) is 0 Å². The molecule has 2 aromatic carbocycles. The predicted octanol–water partition coefficient (Wildman–Crippen LogP) is 4.70. The Morgan fingerprint density at radius 2 is 2.00 bits per heavy atom. The molecule has 1 N–H and O–H groups in total. The molecular weight excluding hydrogens is 280 g/mol. The van der Waals surface area contributed by atoms with E-state index in [1.54, 1.807) is 11.3 Å². The molecule has 0 bridgehead atoms. The third kappa shape index (κ3) is 3.52. The van der Waals surface area contributed by atoms with Crippen LogP contribution >= 0.6 is 11.3 Å². The Bertz CT molecular complexity index is 706. The van der Waals surface area contributed by atoms with Crippen molar-refractivity contribution in [3.63, 3.8) is 0 Å². The lowest BCUT2D eigenvalue weighted by Gasteiger charge is -2.08. The van der Waals surface area contributed by atoms with Gasteiger partial charge in [0.05, 0.1) is 22.3 Å². The van der Waals surface area contributed by atoms with E-state index in [0.717, 1.165) is 36.5 Å². The maximum Gasteiger partial charge on any atom is 0.119 e. The summed E-state index contributed by atoms with van der Waals surface area (Å²) < 4.78 is 6.80. The van der Waals surface area contributed by atoms with Gasteiger partial charge in [-0.3, -0.25) is 0 Å². The molecule has 0 aliphatic carbocycles. The van der Waals surface area contributed by atoms with Crippen LogP contribution in [0.1, 0.15) is 18.9 Å². The quantitative estimate of drug-likeness (QED) is 0.716. The third-order valence-corrected chi connectivity index (χ3v) is 4.02. The number of anilines is 1. The Kier molecular flexibility index (Phi) is 4.36. The molecule has 4 heteroatoms. The molecule has 0 atom stereocenters. The summed E-state index contributed by atoms with van der Waals surface area (Å²) in [6.07, 6.45) is 1.03. The zero-order valence-electron chi connectivity index (χ0n) is 12.0. The van der Waals surface area contributed by atoms with E-state index in [0.29, 0.717) is 0 Å². The molecule has 21 heavy (non-hydrogen) atoms. The first kappa shape index (κ1) is 13.9. The summed E-state index contributed by atoms with van der Waals surface area (Å²) in [6, 6.07) is 14.5. The molecule has 0 aliphatic heterocycles. The Morgan fingerprint density at radius 1 is 1.14 bits per heavy atom. The number of ether oxygens (including phenoxy) is 1. The first-order valence-electron chi connectivity index (χ1n) is 7.14. The Labute approximate surface area is 128 Å². The maximum atomic E-state index is 5.59. The highest BCUT2D eigenvalue weighted by atomic mass is 32.1. The van der Waals surface area contributed by atoms with Gasteiger partial charge in [0.15, 0.2) is 0 Å². The number of thiazole rings is 1. The van der Waals surface area contributed by atoms with Gasteiger partial charge < -0.3 is 10.1 Å². The van der Waals surface area contributed by atoms with Gasteiger partial charge in [0.1, 0.15) is 5.75 Å². The van der Waals surface area contributed by atoms with Gasteiger partial charge in [0.2, 0.25) is 0 Å². The average Bonchev–Trinajstić information content (AvgIpc) is 2.99. The highest BCUT2D eigenvalue weighted by Crippen LogP contribution is 2.22. The summed E-state index contributed by atoms with van der Waals surface area (Å²) in [4.78, 5) is 4.29. The van der Waals surface area contributed by atoms with Crippen molar-refractivity contribution >= 4 is 27.2 Å². The van der Waals surface area contributed by atoms with Crippen LogP contribution in [0, 0.1) is 0 Å². The summed E-state index contributed by atoms with van der Waals surface area (Å²) in [5.41, 5.74) is 5.30. The van der Waals surface area contributed by atoms with Crippen LogP contribution in [0.15, 0.2) is 48.0 Å². The number of rotatable bonds is 6. The van der Waals surface area contributed by atoms with Crippen LogP contribution < -0.4 is 10.1 Å². The lowest BCUT2D eigenvalue weighted by atomic mass is 10.2. The smallest absolute Gasteiger partial charge is 0.119 e. The largest absolute Gasteiger partial charge is 0.494 e. The number of nitrogens with one attached hydrogen (secondary N) is 1. The molecule has 1 aromatic heterocycles. The van der Waals surface area contributed by atoms with Crippen molar-refractivity contribution in [2.45, 2.75) is 19.9 Å². The number of hydrogen-bond acceptors (Lipinski definition) is 4. The van der Waals surface area contributed by atoms with E-state index in [1.165, 1.54) is 10.3 Å². The molecule has 3 rings (SSSR count). The molecule has 0 saturated carbocycles. The highest BCUT2D eigenvalue weighted by Gasteiger charge is 2.00. The Hall–Kier alpha value is -2.07. The molecule has 0 saturated heterocycles.